The van der Waals surface area contributed by atoms with Crippen LogP contribution in [0.2, 0.25) is 0 Å². The molecule has 0 bridgehead atoms. The summed E-state index contributed by atoms with van der Waals surface area (Å²) in [5.74, 6) is -1.50. The third-order valence-corrected chi connectivity index (χ3v) is 6.31. The van der Waals surface area contributed by atoms with Crippen molar-refractivity contribution in [3.8, 4) is 0 Å². The summed E-state index contributed by atoms with van der Waals surface area (Å²) < 4.78 is 0. The Hall–Kier alpha value is -3.52. The predicted molar refractivity (Wildman–Crippen MR) is 112 cm³/mol. The van der Waals surface area contributed by atoms with Gasteiger partial charge < -0.3 is 5.73 Å². The Morgan fingerprint density at radius 3 is 2.42 bits per heavy atom. The second-order valence-electron chi connectivity index (χ2n) is 8.34. The number of hydrogen-bond acceptors (Lipinski definition) is 6. The van der Waals surface area contributed by atoms with Crippen LogP contribution in [-0.4, -0.2) is 52.6 Å². The molecule has 5 rings (SSSR count). The number of piperidine rings is 1. The number of rotatable bonds is 4. The number of amides is 4. The zero-order valence-electron chi connectivity index (χ0n) is 16.8. The van der Waals surface area contributed by atoms with E-state index >= 15 is 0 Å². The highest BCUT2D eigenvalue weighted by molar-refractivity contribution is 6.24. The molecular weight excluding hydrogens is 396 g/mol. The molecule has 158 valence electrons. The Labute approximate surface area is 179 Å². The minimum Gasteiger partial charge on any atom is -0.399 e. The number of carbonyl (C=O) groups excluding carboxylic acids is 4. The number of likely N-dealkylation sites (tertiary alicyclic amines) is 1. The van der Waals surface area contributed by atoms with Gasteiger partial charge in [0.05, 0.1) is 11.1 Å². The molecule has 0 aromatic heterocycles. The van der Waals surface area contributed by atoms with Crippen LogP contribution in [0.3, 0.4) is 0 Å². The smallest absolute Gasteiger partial charge is 0.262 e. The number of imide groups is 2. The average molecular weight is 418 g/mol. The van der Waals surface area contributed by atoms with E-state index in [2.05, 4.69) is 10.2 Å². The number of hydrogen-bond donors (Lipinski definition) is 2. The lowest BCUT2D eigenvalue weighted by Gasteiger charge is -2.40. The van der Waals surface area contributed by atoms with Crippen molar-refractivity contribution in [3.63, 3.8) is 0 Å². The van der Waals surface area contributed by atoms with E-state index < -0.39 is 23.8 Å². The molecule has 3 aliphatic rings. The molecule has 8 nitrogen and oxygen atoms in total. The maximum absolute atomic E-state index is 13.2. The van der Waals surface area contributed by atoms with Crippen LogP contribution in [0.4, 0.5) is 5.69 Å². The van der Waals surface area contributed by atoms with Crippen molar-refractivity contribution in [2.24, 2.45) is 0 Å². The van der Waals surface area contributed by atoms with Crippen molar-refractivity contribution < 1.29 is 19.2 Å². The summed E-state index contributed by atoms with van der Waals surface area (Å²) in [6, 6.07) is 12.2. The molecular formula is C23H22N4O4. The lowest BCUT2D eigenvalue weighted by Crippen LogP contribution is -2.54. The fourth-order valence-electron chi connectivity index (χ4n) is 4.64. The minimum atomic E-state index is -0.947. The summed E-state index contributed by atoms with van der Waals surface area (Å²) in [6.07, 6.45) is 0.262. The van der Waals surface area contributed by atoms with Gasteiger partial charge in [0.1, 0.15) is 6.04 Å². The van der Waals surface area contributed by atoms with Gasteiger partial charge in [-0.25, -0.2) is 0 Å². The van der Waals surface area contributed by atoms with Gasteiger partial charge in [-0.1, -0.05) is 24.3 Å². The first-order chi connectivity index (χ1) is 14.9. The summed E-state index contributed by atoms with van der Waals surface area (Å²) >= 11 is 0. The van der Waals surface area contributed by atoms with E-state index in [1.54, 1.807) is 12.1 Å². The fraction of sp³-hybridized carbons (Fsp3) is 0.304. The summed E-state index contributed by atoms with van der Waals surface area (Å²) in [7, 11) is 0. The van der Waals surface area contributed by atoms with Gasteiger partial charge in [-0.2, -0.15) is 0 Å². The van der Waals surface area contributed by atoms with Crippen LogP contribution in [0.15, 0.2) is 42.5 Å². The predicted octanol–water partition coefficient (Wildman–Crippen LogP) is 1.27. The Bertz CT molecular complexity index is 1110. The van der Waals surface area contributed by atoms with E-state index in [1.165, 1.54) is 5.56 Å². The molecule has 3 N–H and O–H groups in total. The summed E-state index contributed by atoms with van der Waals surface area (Å²) in [6.45, 7) is 2.26. The van der Waals surface area contributed by atoms with Crippen LogP contribution >= 0.6 is 0 Å². The Morgan fingerprint density at radius 1 is 0.968 bits per heavy atom. The van der Waals surface area contributed by atoms with E-state index in [0.717, 1.165) is 29.2 Å². The summed E-state index contributed by atoms with van der Waals surface area (Å²) in [5, 5.41) is 2.22. The average Bonchev–Trinajstić information content (AvgIpc) is 2.97. The zero-order valence-corrected chi connectivity index (χ0v) is 16.8. The summed E-state index contributed by atoms with van der Waals surface area (Å²) in [4.78, 5) is 53.0. The van der Waals surface area contributed by atoms with Crippen LogP contribution in [0.1, 0.15) is 50.6 Å². The molecule has 0 aliphatic carbocycles. The van der Waals surface area contributed by atoms with E-state index in [-0.39, 0.29) is 18.7 Å². The monoisotopic (exact) mass is 418 g/mol. The van der Waals surface area contributed by atoms with Crippen molar-refractivity contribution in [1.82, 2.24) is 15.1 Å². The molecule has 2 aromatic rings. The van der Waals surface area contributed by atoms with Gasteiger partial charge in [0.15, 0.2) is 0 Å². The van der Waals surface area contributed by atoms with Crippen LogP contribution in [0.5, 0.6) is 0 Å². The van der Waals surface area contributed by atoms with Gasteiger partial charge in [-0.15, -0.1) is 0 Å². The van der Waals surface area contributed by atoms with Crippen LogP contribution < -0.4 is 11.1 Å². The van der Waals surface area contributed by atoms with Gasteiger partial charge in [0, 0.05) is 37.7 Å². The first-order valence-corrected chi connectivity index (χ1v) is 10.3. The van der Waals surface area contributed by atoms with Crippen molar-refractivity contribution in [3.05, 3.63) is 64.7 Å². The second-order valence-corrected chi connectivity index (χ2v) is 8.34. The standard InChI is InChI=1S/C23H22N4O4/c24-16-6-4-13(5-7-16)15-11-26(12-15)10-14-2-1-3-17-20(14)23(31)27(22(17)30)18-8-9-19(28)25-21(18)29/h1-7,15,18H,8-12,24H2,(H,25,28,29). The van der Waals surface area contributed by atoms with Gasteiger partial charge in [-0.05, 0) is 35.7 Å². The first kappa shape index (κ1) is 19.4. The molecule has 8 heteroatoms. The molecule has 0 radical (unpaired) electrons. The zero-order chi connectivity index (χ0) is 21.7. The number of anilines is 1. The normalized spacial score (nSPS) is 21.8. The molecule has 2 fully saturated rings. The number of nitrogens with two attached hydrogens (primary N) is 1. The maximum atomic E-state index is 13.2. The third-order valence-electron chi connectivity index (χ3n) is 6.31. The topological polar surface area (TPSA) is 113 Å². The molecule has 0 spiro atoms. The Kier molecular flexibility index (Phi) is 4.59. The minimum absolute atomic E-state index is 0.108. The molecule has 3 heterocycles. The van der Waals surface area contributed by atoms with E-state index in [9.17, 15) is 19.2 Å². The molecule has 2 saturated heterocycles. The molecule has 3 aliphatic heterocycles. The SMILES string of the molecule is Nc1ccc(C2CN(Cc3cccc4c3C(=O)N(C3CCC(=O)NC3=O)C4=O)C2)cc1. The lowest BCUT2D eigenvalue weighted by atomic mass is 9.90. The molecule has 0 saturated carbocycles. The number of nitrogens with one attached hydrogen (secondary N) is 1. The Balaban J connectivity index is 1.32. The van der Waals surface area contributed by atoms with Gasteiger partial charge in [0.25, 0.3) is 11.8 Å². The van der Waals surface area contributed by atoms with Gasteiger partial charge in [0.2, 0.25) is 11.8 Å². The highest BCUT2D eigenvalue weighted by Crippen LogP contribution is 2.33. The molecule has 4 amide bonds. The van der Waals surface area contributed by atoms with Crippen LogP contribution in [-0.2, 0) is 16.1 Å². The molecule has 1 atom stereocenters. The number of carbonyl (C=O) groups is 4. The highest BCUT2D eigenvalue weighted by Gasteiger charge is 2.45. The van der Waals surface area contributed by atoms with E-state index in [0.29, 0.717) is 23.6 Å². The van der Waals surface area contributed by atoms with Crippen molar-refractivity contribution in [1.29, 1.82) is 0 Å². The molecule has 2 aromatic carbocycles. The first-order valence-electron chi connectivity index (χ1n) is 10.3. The van der Waals surface area contributed by atoms with Crippen molar-refractivity contribution >= 4 is 29.3 Å². The maximum Gasteiger partial charge on any atom is 0.262 e. The van der Waals surface area contributed by atoms with Crippen molar-refractivity contribution in [2.75, 3.05) is 18.8 Å². The number of fused-ring (bicyclic) bond motifs is 1. The summed E-state index contributed by atoms with van der Waals surface area (Å²) in [5.41, 5.74) is 9.20. The van der Waals surface area contributed by atoms with E-state index in [1.807, 2.05) is 30.3 Å². The number of benzene rings is 2. The van der Waals surface area contributed by atoms with Gasteiger partial charge in [-0.3, -0.25) is 34.3 Å². The molecule has 31 heavy (non-hydrogen) atoms. The second kappa shape index (κ2) is 7.31. The quantitative estimate of drug-likeness (QED) is 0.571. The van der Waals surface area contributed by atoms with Crippen molar-refractivity contribution in [2.45, 2.75) is 31.3 Å². The lowest BCUT2D eigenvalue weighted by molar-refractivity contribution is -0.136. The molecule has 1 unspecified atom stereocenters. The van der Waals surface area contributed by atoms with Crippen LogP contribution in [0.25, 0.3) is 0 Å². The third kappa shape index (κ3) is 3.29. The fourth-order valence-corrected chi connectivity index (χ4v) is 4.64. The largest absolute Gasteiger partial charge is 0.399 e. The van der Waals surface area contributed by atoms with E-state index in [4.69, 9.17) is 5.73 Å². The van der Waals surface area contributed by atoms with Gasteiger partial charge >= 0.3 is 0 Å². The number of nitrogen functional groups attached to an aromatic ring is 1. The number of nitrogens with zero attached hydrogens (tertiary/aromatic N) is 2. The van der Waals surface area contributed by atoms with Crippen LogP contribution in [0, 0.1) is 0 Å². The Morgan fingerprint density at radius 2 is 1.71 bits per heavy atom. The highest BCUT2D eigenvalue weighted by atomic mass is 16.2.